The Morgan fingerprint density at radius 1 is 1.25 bits per heavy atom. The number of carbonyl (C=O) groups is 1. The summed E-state index contributed by atoms with van der Waals surface area (Å²) in [7, 11) is 1.75. The van der Waals surface area contributed by atoms with Gasteiger partial charge in [-0.1, -0.05) is 17.7 Å². The highest BCUT2D eigenvalue weighted by Gasteiger charge is 2.33. The summed E-state index contributed by atoms with van der Waals surface area (Å²) >= 11 is 0. The monoisotopic (exact) mass is 220 g/mol. The molecule has 0 bridgehead atoms. The molecule has 1 rings (SSSR count). The van der Waals surface area contributed by atoms with Gasteiger partial charge in [0.2, 0.25) is 5.91 Å². The number of benzene rings is 1. The SMILES string of the molecule is CNC(C)(C(N)=O)c1c(C)cc(C)cc1C. The minimum Gasteiger partial charge on any atom is -0.368 e. The topological polar surface area (TPSA) is 55.1 Å². The van der Waals surface area contributed by atoms with E-state index in [0.29, 0.717) is 0 Å². The van der Waals surface area contributed by atoms with Gasteiger partial charge in [0.25, 0.3) is 0 Å². The van der Waals surface area contributed by atoms with Crippen molar-refractivity contribution in [2.75, 3.05) is 7.05 Å². The van der Waals surface area contributed by atoms with E-state index >= 15 is 0 Å². The van der Waals surface area contributed by atoms with Gasteiger partial charge in [-0.3, -0.25) is 4.79 Å². The molecule has 0 aliphatic rings. The molecule has 1 amide bonds. The molecule has 0 aromatic heterocycles. The van der Waals surface area contributed by atoms with Crippen LogP contribution in [-0.2, 0) is 10.3 Å². The lowest BCUT2D eigenvalue weighted by atomic mass is 9.84. The van der Waals surface area contributed by atoms with Gasteiger partial charge in [-0.15, -0.1) is 0 Å². The van der Waals surface area contributed by atoms with E-state index in [1.807, 2.05) is 27.7 Å². The van der Waals surface area contributed by atoms with Gasteiger partial charge in [-0.2, -0.15) is 0 Å². The maximum Gasteiger partial charge on any atom is 0.242 e. The van der Waals surface area contributed by atoms with Crippen molar-refractivity contribution in [2.24, 2.45) is 5.73 Å². The molecule has 1 atom stereocenters. The Balaban J connectivity index is 3.48. The van der Waals surface area contributed by atoms with Crippen LogP contribution in [-0.4, -0.2) is 13.0 Å². The van der Waals surface area contributed by atoms with Crippen molar-refractivity contribution in [3.8, 4) is 0 Å². The molecule has 0 heterocycles. The first-order chi connectivity index (χ1) is 7.32. The van der Waals surface area contributed by atoms with Crippen molar-refractivity contribution in [1.82, 2.24) is 5.32 Å². The first-order valence-electron chi connectivity index (χ1n) is 5.40. The van der Waals surface area contributed by atoms with E-state index in [0.717, 1.165) is 16.7 Å². The number of nitrogens with two attached hydrogens (primary N) is 1. The summed E-state index contributed by atoms with van der Waals surface area (Å²) in [6, 6.07) is 4.14. The molecular formula is C13H20N2O. The molecule has 0 aliphatic heterocycles. The Morgan fingerprint density at radius 3 is 2.00 bits per heavy atom. The van der Waals surface area contributed by atoms with Gasteiger partial charge in [0, 0.05) is 0 Å². The lowest BCUT2D eigenvalue weighted by molar-refractivity contribution is -0.124. The quantitative estimate of drug-likeness (QED) is 0.811. The molecule has 1 aromatic carbocycles. The number of carbonyl (C=O) groups excluding carboxylic acids is 1. The number of hydrogen-bond donors (Lipinski definition) is 2. The second-order valence-corrected chi connectivity index (χ2v) is 4.51. The lowest BCUT2D eigenvalue weighted by Gasteiger charge is -2.29. The summed E-state index contributed by atoms with van der Waals surface area (Å²) in [5.41, 5.74) is 9.04. The lowest BCUT2D eigenvalue weighted by Crippen LogP contribution is -2.49. The number of primary amides is 1. The fourth-order valence-electron chi connectivity index (χ4n) is 2.34. The maximum absolute atomic E-state index is 11.6. The predicted octanol–water partition coefficient (Wildman–Crippen LogP) is 1.53. The molecule has 0 spiro atoms. The molecule has 3 N–H and O–H groups in total. The van der Waals surface area contributed by atoms with Crippen molar-refractivity contribution in [2.45, 2.75) is 33.2 Å². The molecule has 0 radical (unpaired) electrons. The van der Waals surface area contributed by atoms with Gasteiger partial charge in [-0.25, -0.2) is 0 Å². The summed E-state index contributed by atoms with van der Waals surface area (Å²) in [5, 5.41) is 3.02. The number of rotatable bonds is 3. The molecule has 1 unspecified atom stereocenters. The van der Waals surface area contributed by atoms with Crippen molar-refractivity contribution in [3.05, 3.63) is 34.4 Å². The number of aryl methyl sites for hydroxylation is 3. The number of hydrogen-bond acceptors (Lipinski definition) is 2. The van der Waals surface area contributed by atoms with E-state index in [9.17, 15) is 4.79 Å². The van der Waals surface area contributed by atoms with Crippen LogP contribution in [0, 0.1) is 20.8 Å². The molecule has 16 heavy (non-hydrogen) atoms. The largest absolute Gasteiger partial charge is 0.368 e. The molecule has 88 valence electrons. The molecule has 1 aromatic rings. The molecule has 3 nitrogen and oxygen atoms in total. The minimum absolute atomic E-state index is 0.356. The Labute approximate surface area is 97.0 Å². The molecule has 3 heteroatoms. The molecule has 0 aliphatic carbocycles. The second kappa shape index (κ2) is 4.26. The Hall–Kier alpha value is -1.35. The average Bonchev–Trinajstić information content (AvgIpc) is 2.15. The van der Waals surface area contributed by atoms with Crippen LogP contribution >= 0.6 is 0 Å². The highest BCUT2D eigenvalue weighted by atomic mass is 16.1. The highest BCUT2D eigenvalue weighted by Crippen LogP contribution is 2.28. The third-order valence-corrected chi connectivity index (χ3v) is 3.17. The smallest absolute Gasteiger partial charge is 0.242 e. The average molecular weight is 220 g/mol. The normalized spacial score (nSPS) is 14.6. The number of likely N-dealkylation sites (N-methyl/N-ethyl adjacent to an activating group) is 1. The summed E-state index contributed by atoms with van der Waals surface area (Å²) < 4.78 is 0. The van der Waals surface area contributed by atoms with Gasteiger partial charge in [0.15, 0.2) is 0 Å². The Kier molecular flexibility index (Phi) is 3.38. The first-order valence-corrected chi connectivity index (χ1v) is 5.40. The summed E-state index contributed by atoms with van der Waals surface area (Å²) in [6.07, 6.45) is 0. The van der Waals surface area contributed by atoms with E-state index in [2.05, 4.69) is 17.4 Å². The van der Waals surface area contributed by atoms with E-state index in [1.165, 1.54) is 5.56 Å². The summed E-state index contributed by atoms with van der Waals surface area (Å²) in [6.45, 7) is 7.88. The van der Waals surface area contributed by atoms with Crippen LogP contribution in [0.15, 0.2) is 12.1 Å². The van der Waals surface area contributed by atoms with Crippen molar-refractivity contribution in [1.29, 1.82) is 0 Å². The zero-order valence-corrected chi connectivity index (χ0v) is 10.6. The van der Waals surface area contributed by atoms with Gasteiger partial charge >= 0.3 is 0 Å². The van der Waals surface area contributed by atoms with Crippen molar-refractivity contribution < 1.29 is 4.79 Å². The van der Waals surface area contributed by atoms with Crippen molar-refractivity contribution in [3.63, 3.8) is 0 Å². The van der Waals surface area contributed by atoms with E-state index < -0.39 is 5.54 Å². The number of nitrogens with one attached hydrogen (secondary N) is 1. The van der Waals surface area contributed by atoms with Crippen molar-refractivity contribution >= 4 is 5.91 Å². The third kappa shape index (κ3) is 1.95. The standard InChI is InChI=1S/C13H20N2O/c1-8-6-9(2)11(10(3)7-8)13(4,15-5)12(14)16/h6-7,15H,1-5H3,(H2,14,16). The second-order valence-electron chi connectivity index (χ2n) is 4.51. The Bertz CT molecular complexity index is 403. The van der Waals surface area contributed by atoms with E-state index in [-0.39, 0.29) is 5.91 Å². The van der Waals surface area contributed by atoms with Crippen LogP contribution in [0.3, 0.4) is 0 Å². The molecule has 0 saturated heterocycles. The highest BCUT2D eigenvalue weighted by molar-refractivity contribution is 5.86. The third-order valence-electron chi connectivity index (χ3n) is 3.17. The zero-order chi connectivity index (χ0) is 12.5. The van der Waals surface area contributed by atoms with Gasteiger partial charge in [-0.05, 0) is 51.4 Å². The number of amides is 1. The van der Waals surface area contributed by atoms with Crippen LogP contribution in [0.5, 0.6) is 0 Å². The van der Waals surface area contributed by atoms with Crippen LogP contribution in [0.2, 0.25) is 0 Å². The maximum atomic E-state index is 11.6. The molecule has 0 saturated carbocycles. The van der Waals surface area contributed by atoms with E-state index in [4.69, 9.17) is 5.73 Å². The zero-order valence-electron chi connectivity index (χ0n) is 10.6. The van der Waals surface area contributed by atoms with Crippen LogP contribution in [0.4, 0.5) is 0 Å². The fourth-order valence-corrected chi connectivity index (χ4v) is 2.34. The van der Waals surface area contributed by atoms with Gasteiger partial charge < -0.3 is 11.1 Å². The first kappa shape index (κ1) is 12.7. The van der Waals surface area contributed by atoms with Crippen LogP contribution in [0.1, 0.15) is 29.2 Å². The van der Waals surface area contributed by atoms with Gasteiger partial charge in [0.1, 0.15) is 5.54 Å². The fraction of sp³-hybridized carbons (Fsp3) is 0.462. The summed E-state index contributed by atoms with van der Waals surface area (Å²) in [4.78, 5) is 11.6. The Morgan fingerprint density at radius 2 is 1.69 bits per heavy atom. The molecular weight excluding hydrogens is 200 g/mol. The minimum atomic E-state index is -0.804. The summed E-state index contributed by atoms with van der Waals surface area (Å²) in [5.74, 6) is -0.356. The van der Waals surface area contributed by atoms with Crippen LogP contribution in [0.25, 0.3) is 0 Å². The molecule has 0 fully saturated rings. The van der Waals surface area contributed by atoms with E-state index in [1.54, 1.807) is 7.05 Å². The van der Waals surface area contributed by atoms with Crippen LogP contribution < -0.4 is 11.1 Å². The van der Waals surface area contributed by atoms with Gasteiger partial charge in [0.05, 0.1) is 0 Å². The predicted molar refractivity (Wildman–Crippen MR) is 66.3 cm³/mol.